The van der Waals surface area contributed by atoms with Crippen molar-refractivity contribution in [3.63, 3.8) is 0 Å². The van der Waals surface area contributed by atoms with Crippen LogP contribution >= 0.6 is 24.8 Å². The summed E-state index contributed by atoms with van der Waals surface area (Å²) in [5.41, 5.74) is 10.2. The number of nitrogens with two attached hydrogens (primary N) is 1. The third-order valence-electron chi connectivity index (χ3n) is 6.16. The van der Waals surface area contributed by atoms with E-state index in [9.17, 15) is 9.59 Å². The molecular weight excluding hydrogens is 457 g/mol. The van der Waals surface area contributed by atoms with E-state index in [2.05, 4.69) is 23.1 Å². The van der Waals surface area contributed by atoms with Gasteiger partial charge in [-0.05, 0) is 53.5 Å². The molecule has 0 unspecified atom stereocenters. The Morgan fingerprint density at radius 1 is 1.06 bits per heavy atom. The zero-order valence-electron chi connectivity index (χ0n) is 18.8. The highest BCUT2D eigenvalue weighted by Gasteiger charge is 2.26. The Morgan fingerprint density at radius 2 is 1.82 bits per heavy atom. The predicted octanol–water partition coefficient (Wildman–Crippen LogP) is 4.22. The number of nitrogens with zero attached hydrogens (tertiary/aromatic N) is 2. The van der Waals surface area contributed by atoms with E-state index in [-0.39, 0.29) is 37.1 Å². The molecule has 1 heterocycles. The minimum atomic E-state index is -0.400. The second-order valence-corrected chi connectivity index (χ2v) is 8.71. The molecule has 0 bridgehead atoms. The Balaban J connectivity index is 0.00000193. The van der Waals surface area contributed by atoms with E-state index in [0.29, 0.717) is 13.1 Å². The first-order valence-electron chi connectivity index (χ1n) is 11.2. The van der Waals surface area contributed by atoms with Crippen molar-refractivity contribution < 1.29 is 9.59 Å². The van der Waals surface area contributed by atoms with Gasteiger partial charge in [-0.25, -0.2) is 0 Å². The third-order valence-corrected chi connectivity index (χ3v) is 6.16. The lowest BCUT2D eigenvalue weighted by Crippen LogP contribution is -2.33. The summed E-state index contributed by atoms with van der Waals surface area (Å²) < 4.78 is 0. The molecule has 4 rings (SSSR count). The highest BCUT2D eigenvalue weighted by molar-refractivity contribution is 5.92. The molecule has 0 atom stereocenters. The Labute approximate surface area is 208 Å². The predicted molar refractivity (Wildman–Crippen MR) is 137 cm³/mol. The van der Waals surface area contributed by atoms with Gasteiger partial charge >= 0.3 is 0 Å². The molecule has 178 valence electrons. The smallest absolute Gasteiger partial charge is 0.246 e. The first-order chi connectivity index (χ1) is 15.1. The van der Waals surface area contributed by atoms with Crippen molar-refractivity contribution in [2.45, 2.75) is 38.8 Å². The van der Waals surface area contributed by atoms with Crippen LogP contribution in [0.2, 0.25) is 0 Å². The molecule has 0 saturated heterocycles. The van der Waals surface area contributed by atoms with Crippen LogP contribution in [0.5, 0.6) is 0 Å². The summed E-state index contributed by atoms with van der Waals surface area (Å²) in [5.74, 6) is 0.398. The molecule has 1 aliphatic heterocycles. The molecule has 0 spiro atoms. The summed E-state index contributed by atoms with van der Waals surface area (Å²) in [6.07, 6.45) is 7.50. The largest absolute Gasteiger partial charge is 0.370 e. The zero-order chi connectivity index (χ0) is 21.6. The Bertz CT molecular complexity index is 961. The highest BCUT2D eigenvalue weighted by Crippen LogP contribution is 2.32. The molecule has 0 radical (unpaired) electrons. The molecule has 7 heteroatoms. The van der Waals surface area contributed by atoms with Gasteiger partial charge in [-0.15, -0.1) is 24.8 Å². The first kappa shape index (κ1) is 26.9. The van der Waals surface area contributed by atoms with Gasteiger partial charge in [0.25, 0.3) is 0 Å². The minimum Gasteiger partial charge on any atom is -0.370 e. The van der Waals surface area contributed by atoms with Crippen LogP contribution in [0.1, 0.15) is 41.5 Å². The van der Waals surface area contributed by atoms with Crippen molar-refractivity contribution in [1.29, 1.82) is 0 Å². The fraction of sp³-hybridized carbons (Fsp3) is 0.385. The quantitative estimate of drug-likeness (QED) is 0.536. The van der Waals surface area contributed by atoms with Crippen molar-refractivity contribution in [3.05, 3.63) is 76.9 Å². The molecule has 0 aromatic heterocycles. The van der Waals surface area contributed by atoms with Gasteiger partial charge in [0.1, 0.15) is 0 Å². The van der Waals surface area contributed by atoms with Crippen molar-refractivity contribution in [2.75, 3.05) is 19.6 Å². The van der Waals surface area contributed by atoms with Gasteiger partial charge in [-0.1, -0.05) is 48.5 Å². The Kier molecular flexibility index (Phi) is 10.4. The van der Waals surface area contributed by atoms with Crippen molar-refractivity contribution in [2.24, 2.45) is 11.7 Å². The Morgan fingerprint density at radius 3 is 2.52 bits per heavy atom. The van der Waals surface area contributed by atoms with Gasteiger partial charge in [-0.2, -0.15) is 0 Å². The van der Waals surface area contributed by atoms with E-state index in [1.165, 1.54) is 30.5 Å². The number of halogens is 2. The van der Waals surface area contributed by atoms with Gasteiger partial charge in [-0.3, -0.25) is 14.5 Å². The first-order valence-corrected chi connectivity index (χ1v) is 11.2. The van der Waals surface area contributed by atoms with Gasteiger partial charge in [0.05, 0.1) is 0 Å². The van der Waals surface area contributed by atoms with Crippen molar-refractivity contribution >= 4 is 42.7 Å². The molecule has 2 amide bonds. The molecule has 2 aromatic rings. The third kappa shape index (κ3) is 7.88. The molecule has 2 aromatic carbocycles. The molecule has 1 saturated carbocycles. The summed E-state index contributed by atoms with van der Waals surface area (Å²) in [6.45, 7) is 4.07. The maximum Gasteiger partial charge on any atom is 0.246 e. The van der Waals surface area contributed by atoms with E-state index in [1.54, 1.807) is 11.0 Å². The molecule has 2 N–H and O–H groups in total. The topological polar surface area (TPSA) is 66.6 Å². The number of rotatable bonds is 9. The lowest BCUT2D eigenvalue weighted by Gasteiger charge is -2.29. The van der Waals surface area contributed by atoms with E-state index in [0.717, 1.165) is 36.6 Å². The van der Waals surface area contributed by atoms with Crippen molar-refractivity contribution in [1.82, 2.24) is 9.80 Å². The van der Waals surface area contributed by atoms with Gasteiger partial charge in [0.2, 0.25) is 11.8 Å². The second-order valence-electron chi connectivity index (χ2n) is 8.71. The van der Waals surface area contributed by atoms with Crippen LogP contribution in [0.15, 0.2) is 54.6 Å². The maximum atomic E-state index is 13.0. The molecule has 33 heavy (non-hydrogen) atoms. The number of fused-ring (bicyclic) bond motifs is 1. The lowest BCUT2D eigenvalue weighted by molar-refractivity contribution is -0.127. The summed E-state index contributed by atoms with van der Waals surface area (Å²) in [7, 11) is 0. The number of primary amides is 1. The monoisotopic (exact) mass is 489 g/mol. The summed E-state index contributed by atoms with van der Waals surface area (Å²) >= 11 is 0. The van der Waals surface area contributed by atoms with Crippen molar-refractivity contribution in [3.8, 4) is 0 Å². The average Bonchev–Trinajstić information content (AvgIpc) is 3.59. The van der Waals surface area contributed by atoms with Crippen LogP contribution in [0.4, 0.5) is 0 Å². The standard InChI is InChI=1S/C26H31N3O2.2ClH/c27-25(30)14-16-29(18-20-5-2-1-3-6-20)26(31)12-11-22-7-4-8-23-19-28(15-13-24(22)23)17-21-9-10-21;;/h1-8,11-12,21H,9-10,13-19H2,(H2,27,30);2*1H. The SMILES string of the molecule is Cl.Cl.NC(=O)CCN(Cc1ccccc1)C(=O)C=Cc1cccc2c1CCN(CC1CC1)C2. The summed E-state index contributed by atoms with van der Waals surface area (Å²) in [5, 5.41) is 0. The van der Waals surface area contributed by atoms with Crippen LogP contribution in [0.25, 0.3) is 6.08 Å². The zero-order valence-corrected chi connectivity index (χ0v) is 20.5. The molecule has 1 fully saturated rings. The Hall–Kier alpha value is -2.34. The van der Waals surface area contributed by atoms with Gasteiger partial charge in [0.15, 0.2) is 0 Å². The van der Waals surface area contributed by atoms with E-state index in [4.69, 9.17) is 5.73 Å². The summed E-state index contributed by atoms with van der Waals surface area (Å²) in [6, 6.07) is 16.2. The van der Waals surface area contributed by atoms with Crippen LogP contribution in [-0.2, 0) is 29.1 Å². The number of carbonyl (C=O) groups is 2. The number of amides is 2. The molecular formula is C26H33Cl2N3O2. The fourth-order valence-corrected chi connectivity index (χ4v) is 4.26. The second kappa shape index (κ2) is 12.8. The van der Waals surface area contributed by atoms with Crippen LogP contribution < -0.4 is 5.73 Å². The van der Waals surface area contributed by atoms with E-state index >= 15 is 0 Å². The normalized spacial score (nSPS) is 15.3. The molecule has 5 nitrogen and oxygen atoms in total. The number of hydrogen-bond acceptors (Lipinski definition) is 3. The number of carbonyl (C=O) groups excluding carboxylic acids is 2. The highest BCUT2D eigenvalue weighted by atomic mass is 35.5. The van der Waals surface area contributed by atoms with Gasteiger partial charge in [0, 0.05) is 45.2 Å². The van der Waals surface area contributed by atoms with Gasteiger partial charge < -0.3 is 10.6 Å². The average molecular weight is 490 g/mol. The van der Waals surface area contributed by atoms with Crippen LogP contribution in [0.3, 0.4) is 0 Å². The molecule has 2 aliphatic rings. The molecule has 1 aliphatic carbocycles. The lowest BCUT2D eigenvalue weighted by atomic mass is 9.94. The minimum absolute atomic E-state index is 0. The fourth-order valence-electron chi connectivity index (χ4n) is 4.26. The number of benzene rings is 2. The maximum absolute atomic E-state index is 13.0. The van der Waals surface area contributed by atoms with E-state index in [1.807, 2.05) is 36.4 Å². The van der Waals surface area contributed by atoms with Crippen LogP contribution in [-0.4, -0.2) is 41.2 Å². The van der Waals surface area contributed by atoms with Crippen LogP contribution in [0, 0.1) is 5.92 Å². The number of hydrogen-bond donors (Lipinski definition) is 1. The summed E-state index contributed by atoms with van der Waals surface area (Å²) in [4.78, 5) is 28.5. The van der Waals surface area contributed by atoms with E-state index < -0.39 is 5.91 Å².